The van der Waals surface area contributed by atoms with Crippen LogP contribution in [0, 0.1) is 12.8 Å². The van der Waals surface area contributed by atoms with E-state index in [1.54, 1.807) is 37.3 Å². The van der Waals surface area contributed by atoms with Gasteiger partial charge < -0.3 is 14.2 Å². The molecule has 0 unspecified atom stereocenters. The average Bonchev–Trinajstić information content (AvgIpc) is 3.21. The number of carbonyl (C=O) groups excluding carboxylic acids is 1. The summed E-state index contributed by atoms with van der Waals surface area (Å²) in [5, 5.41) is 3.80. The lowest BCUT2D eigenvalue weighted by Gasteiger charge is -2.32. The van der Waals surface area contributed by atoms with Crippen LogP contribution in [0.25, 0.3) is 0 Å². The average molecular weight is 389 g/mol. The molecule has 1 fully saturated rings. The lowest BCUT2D eigenvalue weighted by Crippen LogP contribution is -2.40. The Labute approximate surface area is 156 Å². The van der Waals surface area contributed by atoms with Crippen LogP contribution in [0.3, 0.4) is 0 Å². The smallest absolute Gasteiger partial charge is 0.309 e. The van der Waals surface area contributed by atoms with Crippen molar-refractivity contribution in [3.63, 3.8) is 0 Å². The molecule has 0 saturated carbocycles. The molecule has 2 aliphatic rings. The Kier molecular flexibility index (Phi) is 4.47. The van der Waals surface area contributed by atoms with Crippen molar-refractivity contribution < 1.29 is 22.5 Å². The highest BCUT2D eigenvalue weighted by Gasteiger charge is 2.34. The van der Waals surface area contributed by atoms with E-state index in [-0.39, 0.29) is 23.4 Å². The number of likely N-dealkylation sites (tertiary alicyclic amines) is 1. The molecule has 0 amide bonds. The van der Waals surface area contributed by atoms with Crippen LogP contribution in [-0.2, 0) is 26.2 Å². The summed E-state index contributed by atoms with van der Waals surface area (Å²) in [6.45, 7) is 2.96. The van der Waals surface area contributed by atoms with Crippen LogP contribution in [0.1, 0.15) is 29.9 Å². The maximum absolute atomic E-state index is 12.3. The molecule has 9 heteroatoms. The number of fused-ring (bicyclic) bond motifs is 1. The van der Waals surface area contributed by atoms with Gasteiger partial charge in [-0.3, -0.25) is 4.79 Å². The van der Waals surface area contributed by atoms with Crippen LogP contribution >= 0.6 is 0 Å². The van der Waals surface area contributed by atoms with Crippen LogP contribution in [0.15, 0.2) is 44.1 Å². The van der Waals surface area contributed by atoms with E-state index in [1.165, 1.54) is 0 Å². The molecule has 27 heavy (non-hydrogen) atoms. The lowest BCUT2D eigenvalue weighted by atomic mass is 9.96. The van der Waals surface area contributed by atoms with Gasteiger partial charge in [-0.05, 0) is 31.9 Å². The maximum atomic E-state index is 12.3. The second kappa shape index (κ2) is 6.80. The fourth-order valence-corrected chi connectivity index (χ4v) is 4.62. The van der Waals surface area contributed by atoms with Crippen molar-refractivity contribution in [3.05, 3.63) is 47.3 Å². The second-order valence-corrected chi connectivity index (χ2v) is 8.26. The number of amidine groups is 1. The van der Waals surface area contributed by atoms with Crippen LogP contribution in [0.5, 0.6) is 0 Å². The van der Waals surface area contributed by atoms with E-state index in [9.17, 15) is 13.2 Å². The number of sulfonamides is 1. The molecule has 2 aromatic rings. The van der Waals surface area contributed by atoms with Gasteiger partial charge in [-0.25, -0.2) is 0 Å². The van der Waals surface area contributed by atoms with Crippen LogP contribution in [0.4, 0.5) is 0 Å². The van der Waals surface area contributed by atoms with Gasteiger partial charge in [0.05, 0.1) is 5.92 Å². The molecule has 2 aliphatic heterocycles. The highest BCUT2D eigenvalue weighted by molar-refractivity contribution is 7.90. The third-order valence-corrected chi connectivity index (χ3v) is 6.10. The zero-order valence-electron chi connectivity index (χ0n) is 14.8. The van der Waals surface area contributed by atoms with Crippen molar-refractivity contribution in [1.82, 2.24) is 10.1 Å². The summed E-state index contributed by atoms with van der Waals surface area (Å²) in [6, 6.07) is 8.54. The van der Waals surface area contributed by atoms with E-state index in [2.05, 4.69) is 9.55 Å². The van der Waals surface area contributed by atoms with Gasteiger partial charge in [0.1, 0.15) is 23.0 Å². The topological polar surface area (TPSA) is 102 Å². The van der Waals surface area contributed by atoms with E-state index >= 15 is 0 Å². The number of piperidine rings is 1. The monoisotopic (exact) mass is 389 g/mol. The first kappa shape index (κ1) is 17.7. The molecule has 1 aromatic heterocycles. The van der Waals surface area contributed by atoms with Gasteiger partial charge in [0, 0.05) is 24.7 Å². The first-order valence-corrected chi connectivity index (χ1v) is 10.2. The zero-order chi connectivity index (χ0) is 19.0. The van der Waals surface area contributed by atoms with Crippen molar-refractivity contribution in [3.8, 4) is 0 Å². The minimum absolute atomic E-state index is 0.0920. The van der Waals surface area contributed by atoms with E-state index in [4.69, 9.17) is 9.26 Å². The second-order valence-electron chi connectivity index (χ2n) is 6.68. The van der Waals surface area contributed by atoms with Gasteiger partial charge in [-0.1, -0.05) is 17.3 Å². The van der Waals surface area contributed by atoms with Crippen LogP contribution in [-0.4, -0.2) is 43.4 Å². The third-order valence-electron chi connectivity index (χ3n) is 4.78. The molecule has 0 bridgehead atoms. The number of esters is 1. The van der Waals surface area contributed by atoms with Crippen molar-refractivity contribution in [2.45, 2.75) is 31.3 Å². The Balaban J connectivity index is 1.37. The molecule has 0 atom stereocenters. The number of rotatable bonds is 3. The number of benzene rings is 1. The fraction of sp³-hybridized carbons (Fsp3) is 0.389. The van der Waals surface area contributed by atoms with Gasteiger partial charge >= 0.3 is 5.97 Å². The van der Waals surface area contributed by atoms with Crippen LogP contribution < -0.4 is 0 Å². The minimum atomic E-state index is -3.63. The number of carbonyl (C=O) groups is 1. The Morgan fingerprint density at radius 1 is 1.30 bits per heavy atom. The van der Waals surface area contributed by atoms with Gasteiger partial charge in [0.2, 0.25) is 0 Å². The Bertz CT molecular complexity index is 1000. The molecular formula is C18H19N3O5S. The number of hydrogen-bond acceptors (Lipinski definition) is 7. The number of hydrogen-bond donors (Lipinski definition) is 0. The van der Waals surface area contributed by atoms with Gasteiger partial charge in [-0.15, -0.1) is 4.40 Å². The predicted molar refractivity (Wildman–Crippen MR) is 95.5 cm³/mol. The summed E-state index contributed by atoms with van der Waals surface area (Å²) in [5.41, 5.74) is 1.21. The Hall–Kier alpha value is -2.68. The quantitative estimate of drug-likeness (QED) is 0.739. The first-order valence-electron chi connectivity index (χ1n) is 8.72. The van der Waals surface area contributed by atoms with Gasteiger partial charge in [0.25, 0.3) is 10.0 Å². The molecule has 3 heterocycles. The zero-order valence-corrected chi connectivity index (χ0v) is 15.6. The summed E-state index contributed by atoms with van der Waals surface area (Å²) in [6.07, 6.45) is 1.16. The summed E-state index contributed by atoms with van der Waals surface area (Å²) in [5.74, 6) is 0.650. The first-order chi connectivity index (χ1) is 12.9. The van der Waals surface area contributed by atoms with Crippen molar-refractivity contribution >= 4 is 21.8 Å². The number of aryl methyl sites for hydroxylation is 1. The fourth-order valence-electron chi connectivity index (χ4n) is 3.39. The number of ether oxygens (including phenoxy) is 1. The van der Waals surface area contributed by atoms with Gasteiger partial charge in [0.15, 0.2) is 5.84 Å². The van der Waals surface area contributed by atoms with Crippen LogP contribution in [0.2, 0.25) is 0 Å². The largest absolute Gasteiger partial charge is 0.459 e. The SMILES string of the molecule is Cc1cc(COC(=O)C2CCN(C3=NS(=O)(=O)c4ccccc43)CC2)no1. The molecule has 1 saturated heterocycles. The normalized spacial score (nSPS) is 18.9. The molecule has 8 nitrogen and oxygen atoms in total. The summed E-state index contributed by atoms with van der Waals surface area (Å²) in [4.78, 5) is 14.4. The lowest BCUT2D eigenvalue weighted by molar-refractivity contribution is -0.151. The summed E-state index contributed by atoms with van der Waals surface area (Å²) < 4.78 is 38.6. The Morgan fingerprint density at radius 3 is 2.74 bits per heavy atom. The van der Waals surface area contributed by atoms with Gasteiger partial charge in [-0.2, -0.15) is 8.42 Å². The summed E-state index contributed by atoms with van der Waals surface area (Å²) in [7, 11) is -3.63. The standard InChI is InChI=1S/C18H19N3O5S/c1-12-10-14(19-26-12)11-25-18(22)13-6-8-21(9-7-13)17-15-4-2-3-5-16(15)27(23,24)20-17/h2-5,10,13H,6-9,11H2,1H3. The molecule has 4 rings (SSSR count). The third kappa shape index (κ3) is 3.46. The molecule has 0 spiro atoms. The van der Waals surface area contributed by atoms with E-state index in [0.717, 1.165) is 0 Å². The molecule has 1 aromatic carbocycles. The van der Waals surface area contributed by atoms with Crippen molar-refractivity contribution in [2.24, 2.45) is 10.3 Å². The number of aromatic nitrogens is 1. The van der Waals surface area contributed by atoms with E-state index in [1.807, 2.05) is 4.90 Å². The van der Waals surface area contributed by atoms with E-state index < -0.39 is 10.0 Å². The molecular weight excluding hydrogens is 370 g/mol. The minimum Gasteiger partial charge on any atom is -0.459 e. The number of nitrogens with zero attached hydrogens (tertiary/aromatic N) is 3. The summed E-state index contributed by atoms with van der Waals surface area (Å²) >= 11 is 0. The molecule has 0 N–H and O–H groups in total. The highest BCUT2D eigenvalue weighted by Crippen LogP contribution is 2.30. The molecule has 0 radical (unpaired) electrons. The maximum Gasteiger partial charge on any atom is 0.309 e. The molecule has 142 valence electrons. The Morgan fingerprint density at radius 2 is 2.04 bits per heavy atom. The van der Waals surface area contributed by atoms with E-state index in [0.29, 0.717) is 48.8 Å². The molecule has 0 aliphatic carbocycles. The van der Waals surface area contributed by atoms with Crippen molar-refractivity contribution in [2.75, 3.05) is 13.1 Å². The predicted octanol–water partition coefficient (Wildman–Crippen LogP) is 1.89. The van der Waals surface area contributed by atoms with Crippen molar-refractivity contribution in [1.29, 1.82) is 0 Å². The highest BCUT2D eigenvalue weighted by atomic mass is 32.2.